The molecule has 0 heterocycles. The predicted molar refractivity (Wildman–Crippen MR) is 110 cm³/mol. The molecule has 0 aromatic carbocycles. The number of hydrogen-bond donors (Lipinski definition) is 0. The third kappa shape index (κ3) is 14.7. The second-order valence-corrected chi connectivity index (χ2v) is 8.71. The van der Waals surface area contributed by atoms with E-state index < -0.39 is 0 Å². The highest BCUT2D eigenvalue weighted by Crippen LogP contribution is 2.19. The Labute approximate surface area is 159 Å². The van der Waals surface area contributed by atoms with Gasteiger partial charge in [0.1, 0.15) is 0 Å². The van der Waals surface area contributed by atoms with Gasteiger partial charge in [-0.15, -0.1) is 0 Å². The first kappa shape index (κ1) is 24.9. The molecule has 0 rings (SSSR count). The van der Waals surface area contributed by atoms with E-state index in [1.165, 1.54) is 57.8 Å². The smallest absolute Gasteiger partial charge is 0.0890 e. The number of methoxy groups -OCH3 is 1. The van der Waals surface area contributed by atoms with E-state index in [0.717, 1.165) is 23.9 Å². The molecule has 152 valence electrons. The van der Waals surface area contributed by atoms with E-state index in [9.17, 15) is 0 Å². The van der Waals surface area contributed by atoms with Crippen molar-refractivity contribution in [1.29, 1.82) is 0 Å². The van der Waals surface area contributed by atoms with Gasteiger partial charge in [-0.1, -0.05) is 65.2 Å². The van der Waals surface area contributed by atoms with Gasteiger partial charge < -0.3 is 14.0 Å². The second-order valence-electron chi connectivity index (χ2n) is 8.71. The Balaban J connectivity index is 4.09. The van der Waals surface area contributed by atoms with Crippen LogP contribution in [0.4, 0.5) is 0 Å². The zero-order valence-corrected chi connectivity index (χ0v) is 18.5. The minimum Gasteiger partial charge on any atom is -0.379 e. The molecule has 0 saturated heterocycles. The normalized spacial score (nSPS) is 16.0. The van der Waals surface area contributed by atoms with Crippen molar-refractivity contribution in [2.45, 2.75) is 110 Å². The molecule has 0 aliphatic rings. The second kappa shape index (κ2) is 15.0. The molecule has 0 fully saturated rings. The lowest BCUT2D eigenvalue weighted by Crippen LogP contribution is -2.41. The Kier molecular flexibility index (Phi) is 14.9. The summed E-state index contributed by atoms with van der Waals surface area (Å²) in [6.07, 6.45) is 15.1. The molecule has 3 unspecified atom stereocenters. The molecule has 0 aliphatic carbocycles. The minimum absolute atomic E-state index is 0.166. The van der Waals surface area contributed by atoms with Crippen molar-refractivity contribution >= 4 is 0 Å². The first-order valence-electron chi connectivity index (χ1n) is 10.8. The van der Waals surface area contributed by atoms with E-state index in [1.54, 1.807) is 7.11 Å². The predicted octanol–water partition coefficient (Wildman–Crippen LogP) is 5.81. The lowest BCUT2D eigenvalue weighted by molar-refractivity contribution is -0.871. The highest BCUT2D eigenvalue weighted by atomic mass is 16.5. The summed E-state index contributed by atoms with van der Waals surface area (Å²) in [6, 6.07) is 0. The third-order valence-electron chi connectivity index (χ3n) is 5.18. The number of quaternary nitrogens is 1. The Hall–Kier alpha value is -0.120. The molecule has 0 saturated carbocycles. The van der Waals surface area contributed by atoms with Crippen molar-refractivity contribution in [3.05, 3.63) is 0 Å². The maximum Gasteiger partial charge on any atom is 0.0890 e. The Bertz CT molecular complexity index is 288. The topological polar surface area (TPSA) is 18.5 Å². The van der Waals surface area contributed by atoms with E-state index in [4.69, 9.17) is 9.47 Å². The Morgan fingerprint density at radius 3 is 1.84 bits per heavy atom. The average molecular weight is 359 g/mol. The minimum atomic E-state index is 0.166. The van der Waals surface area contributed by atoms with Gasteiger partial charge in [-0.3, -0.25) is 0 Å². The number of rotatable bonds is 17. The van der Waals surface area contributed by atoms with Gasteiger partial charge in [0.2, 0.25) is 0 Å². The number of nitrogens with zero attached hydrogens (tertiary/aromatic N) is 1. The van der Waals surface area contributed by atoms with Crippen LogP contribution in [0.15, 0.2) is 0 Å². The lowest BCUT2D eigenvalue weighted by atomic mass is 10.0. The summed E-state index contributed by atoms with van der Waals surface area (Å²) in [5, 5.41) is 0. The summed E-state index contributed by atoms with van der Waals surface area (Å²) < 4.78 is 13.0. The molecule has 0 radical (unpaired) electrons. The molecule has 0 spiro atoms. The number of unbranched alkanes of at least 4 members (excludes halogenated alkanes) is 7. The molecule has 3 atom stereocenters. The summed E-state index contributed by atoms with van der Waals surface area (Å²) in [4.78, 5) is 0. The van der Waals surface area contributed by atoms with E-state index >= 15 is 0 Å². The van der Waals surface area contributed by atoms with Gasteiger partial charge in [-0.25, -0.2) is 0 Å². The van der Waals surface area contributed by atoms with Gasteiger partial charge in [0.05, 0.1) is 46.0 Å². The van der Waals surface area contributed by atoms with Crippen molar-refractivity contribution < 1.29 is 14.0 Å². The quantitative estimate of drug-likeness (QED) is 0.241. The van der Waals surface area contributed by atoms with Gasteiger partial charge in [-0.2, -0.15) is 0 Å². The summed E-state index contributed by atoms with van der Waals surface area (Å²) >= 11 is 0. The SMILES string of the molecule is CCCCCCCCCCC(CC)OC(CC[N+](C)(C)C)C(C)OC. The van der Waals surface area contributed by atoms with E-state index in [2.05, 4.69) is 41.9 Å². The summed E-state index contributed by atoms with van der Waals surface area (Å²) in [5.74, 6) is 0. The van der Waals surface area contributed by atoms with Crippen LogP contribution in [-0.2, 0) is 9.47 Å². The number of ether oxygens (including phenoxy) is 2. The maximum absolute atomic E-state index is 6.47. The molecule has 0 aromatic heterocycles. The molecule has 0 N–H and O–H groups in total. The third-order valence-corrected chi connectivity index (χ3v) is 5.18. The average Bonchev–Trinajstić information content (AvgIpc) is 2.57. The van der Waals surface area contributed by atoms with E-state index in [-0.39, 0.29) is 12.2 Å². The van der Waals surface area contributed by atoms with Crippen molar-refractivity contribution in [1.82, 2.24) is 0 Å². The molecule has 0 aliphatic heterocycles. The van der Waals surface area contributed by atoms with Gasteiger partial charge in [0.15, 0.2) is 0 Å². The fraction of sp³-hybridized carbons (Fsp3) is 1.00. The molecule has 0 bridgehead atoms. The Morgan fingerprint density at radius 2 is 1.36 bits per heavy atom. The molecule has 25 heavy (non-hydrogen) atoms. The molecular formula is C22H48NO2+. The van der Waals surface area contributed by atoms with Gasteiger partial charge in [-0.05, 0) is 19.8 Å². The van der Waals surface area contributed by atoms with Crippen LogP contribution in [0.25, 0.3) is 0 Å². The van der Waals surface area contributed by atoms with Crippen LogP contribution < -0.4 is 0 Å². The van der Waals surface area contributed by atoms with Crippen molar-refractivity contribution in [3.8, 4) is 0 Å². The van der Waals surface area contributed by atoms with Gasteiger partial charge >= 0.3 is 0 Å². The van der Waals surface area contributed by atoms with Gasteiger partial charge in [0, 0.05) is 13.5 Å². The summed E-state index contributed by atoms with van der Waals surface area (Å²) in [6.45, 7) is 7.79. The fourth-order valence-corrected chi connectivity index (χ4v) is 3.20. The molecule has 3 nitrogen and oxygen atoms in total. The van der Waals surface area contributed by atoms with Crippen LogP contribution in [0.3, 0.4) is 0 Å². The van der Waals surface area contributed by atoms with Crippen LogP contribution in [0, 0.1) is 0 Å². The first-order valence-corrected chi connectivity index (χ1v) is 10.8. The largest absolute Gasteiger partial charge is 0.379 e. The van der Waals surface area contributed by atoms with E-state index in [0.29, 0.717) is 6.10 Å². The van der Waals surface area contributed by atoms with Crippen LogP contribution >= 0.6 is 0 Å². The van der Waals surface area contributed by atoms with Crippen molar-refractivity contribution in [2.24, 2.45) is 0 Å². The molecule has 3 heteroatoms. The number of hydrogen-bond acceptors (Lipinski definition) is 2. The zero-order chi connectivity index (χ0) is 19.1. The zero-order valence-electron chi connectivity index (χ0n) is 18.5. The van der Waals surface area contributed by atoms with Crippen LogP contribution in [0.2, 0.25) is 0 Å². The standard InChI is InChI=1S/C22H48NO2/c1-8-10-11-12-13-14-15-16-17-21(9-2)25-22(20(3)24-7)18-19-23(4,5)6/h20-22H,8-19H2,1-7H3/q+1. The van der Waals surface area contributed by atoms with Crippen LogP contribution in [0.5, 0.6) is 0 Å². The monoisotopic (exact) mass is 358 g/mol. The fourth-order valence-electron chi connectivity index (χ4n) is 3.20. The van der Waals surface area contributed by atoms with E-state index in [1.807, 2.05) is 0 Å². The highest BCUT2D eigenvalue weighted by molar-refractivity contribution is 4.69. The summed E-state index contributed by atoms with van der Waals surface area (Å²) in [5.41, 5.74) is 0. The molecular weight excluding hydrogens is 310 g/mol. The summed E-state index contributed by atoms with van der Waals surface area (Å²) in [7, 11) is 8.53. The Morgan fingerprint density at radius 1 is 0.800 bits per heavy atom. The lowest BCUT2D eigenvalue weighted by Gasteiger charge is -2.31. The molecule has 0 amide bonds. The maximum atomic E-state index is 6.47. The first-order chi connectivity index (χ1) is 11.8. The van der Waals surface area contributed by atoms with Crippen LogP contribution in [-0.4, -0.2) is 57.6 Å². The highest BCUT2D eigenvalue weighted by Gasteiger charge is 2.24. The van der Waals surface area contributed by atoms with Gasteiger partial charge in [0.25, 0.3) is 0 Å². The van der Waals surface area contributed by atoms with Crippen molar-refractivity contribution in [3.63, 3.8) is 0 Å². The van der Waals surface area contributed by atoms with Crippen molar-refractivity contribution in [2.75, 3.05) is 34.8 Å². The molecule has 0 aromatic rings. The van der Waals surface area contributed by atoms with Crippen LogP contribution in [0.1, 0.15) is 91.4 Å².